The summed E-state index contributed by atoms with van der Waals surface area (Å²) in [7, 11) is 0. The summed E-state index contributed by atoms with van der Waals surface area (Å²) in [6.07, 6.45) is 0. The maximum absolute atomic E-state index is 3.76. The second kappa shape index (κ2) is 5.68. The molecule has 0 aromatic heterocycles. The van der Waals surface area contributed by atoms with Crippen molar-refractivity contribution in [1.82, 2.24) is 0 Å². The molecule has 0 saturated carbocycles. The minimum Gasteiger partial charge on any atom is -0.0786 e. The number of benzene rings is 2. The van der Waals surface area contributed by atoms with Gasteiger partial charge in [-0.1, -0.05) is 77.6 Å². The number of rotatable bonds is 2. The molecule has 2 aromatic carbocycles. The molecule has 0 saturated heterocycles. The van der Waals surface area contributed by atoms with Gasteiger partial charge in [-0.2, -0.15) is 0 Å². The molecule has 0 aliphatic rings. The highest BCUT2D eigenvalue weighted by molar-refractivity contribution is 9.11. The lowest BCUT2D eigenvalue weighted by Gasteiger charge is -2.13. The van der Waals surface area contributed by atoms with Crippen molar-refractivity contribution in [3.8, 4) is 0 Å². The molecule has 0 N–H and O–H groups in total. The van der Waals surface area contributed by atoms with Gasteiger partial charge in [-0.25, -0.2) is 0 Å². The van der Waals surface area contributed by atoms with Gasteiger partial charge >= 0.3 is 0 Å². The highest BCUT2D eigenvalue weighted by atomic mass is 79.9. The van der Waals surface area contributed by atoms with Crippen molar-refractivity contribution < 1.29 is 0 Å². The van der Waals surface area contributed by atoms with Crippen LogP contribution in [0.15, 0.2) is 51.4 Å². The average molecular weight is 419 g/mol. The lowest BCUT2D eigenvalue weighted by Crippen LogP contribution is -1.94. The average Bonchev–Trinajstić information content (AvgIpc) is 2.31. The van der Waals surface area contributed by atoms with Crippen molar-refractivity contribution in [3.63, 3.8) is 0 Å². The van der Waals surface area contributed by atoms with Gasteiger partial charge in [0.05, 0.1) is 4.83 Å². The van der Waals surface area contributed by atoms with Gasteiger partial charge in [0, 0.05) is 8.95 Å². The number of halogens is 3. The monoisotopic (exact) mass is 416 g/mol. The van der Waals surface area contributed by atoms with E-state index in [4.69, 9.17) is 0 Å². The predicted octanol–water partition coefficient (Wildman–Crippen LogP) is 6.00. The van der Waals surface area contributed by atoms with E-state index in [1.54, 1.807) is 0 Å². The first kappa shape index (κ1) is 13.3. The van der Waals surface area contributed by atoms with Gasteiger partial charge in [-0.3, -0.25) is 0 Å². The molecular formula is C14H11Br3. The zero-order valence-corrected chi connectivity index (χ0v) is 14.0. The molecule has 0 nitrogen and oxygen atoms in total. The number of aryl methyl sites for hydroxylation is 1. The third-order valence-electron chi connectivity index (χ3n) is 2.57. The quantitative estimate of drug-likeness (QED) is 0.524. The van der Waals surface area contributed by atoms with Crippen LogP contribution in [0.2, 0.25) is 0 Å². The molecule has 0 bridgehead atoms. The van der Waals surface area contributed by atoms with Crippen LogP contribution in [0.25, 0.3) is 0 Å². The lowest BCUT2D eigenvalue weighted by atomic mass is 10.0. The Morgan fingerprint density at radius 1 is 1.00 bits per heavy atom. The van der Waals surface area contributed by atoms with Crippen molar-refractivity contribution >= 4 is 47.8 Å². The minimum absolute atomic E-state index is 0.203. The summed E-state index contributed by atoms with van der Waals surface area (Å²) in [5.41, 5.74) is 3.77. The van der Waals surface area contributed by atoms with Crippen molar-refractivity contribution in [3.05, 3.63) is 68.1 Å². The van der Waals surface area contributed by atoms with E-state index < -0.39 is 0 Å². The van der Waals surface area contributed by atoms with Crippen LogP contribution < -0.4 is 0 Å². The Balaban J connectivity index is 2.43. The van der Waals surface area contributed by atoms with Gasteiger partial charge in [-0.15, -0.1) is 0 Å². The van der Waals surface area contributed by atoms with E-state index in [9.17, 15) is 0 Å². The fourth-order valence-electron chi connectivity index (χ4n) is 1.72. The van der Waals surface area contributed by atoms with Gasteiger partial charge in [0.15, 0.2) is 0 Å². The van der Waals surface area contributed by atoms with Crippen LogP contribution in [0.5, 0.6) is 0 Å². The van der Waals surface area contributed by atoms with Crippen molar-refractivity contribution in [1.29, 1.82) is 0 Å². The van der Waals surface area contributed by atoms with E-state index in [2.05, 4.69) is 91.1 Å². The summed E-state index contributed by atoms with van der Waals surface area (Å²) in [5, 5.41) is 0. The SMILES string of the molecule is Cc1cccc(C(Br)c2cc(Br)ccc2Br)c1. The van der Waals surface area contributed by atoms with E-state index in [1.807, 2.05) is 6.07 Å². The molecule has 88 valence electrons. The molecule has 0 aliphatic carbocycles. The summed E-state index contributed by atoms with van der Waals surface area (Å²) in [6, 6.07) is 14.8. The Kier molecular flexibility index (Phi) is 4.45. The first-order valence-corrected chi connectivity index (χ1v) is 7.73. The van der Waals surface area contributed by atoms with Gasteiger partial charge in [0.2, 0.25) is 0 Å². The van der Waals surface area contributed by atoms with Gasteiger partial charge < -0.3 is 0 Å². The van der Waals surface area contributed by atoms with Crippen LogP contribution >= 0.6 is 47.8 Å². The van der Waals surface area contributed by atoms with E-state index in [0.29, 0.717) is 0 Å². The van der Waals surface area contributed by atoms with Crippen molar-refractivity contribution in [2.75, 3.05) is 0 Å². The topological polar surface area (TPSA) is 0 Å². The largest absolute Gasteiger partial charge is 0.0786 e. The molecule has 0 amide bonds. The Morgan fingerprint density at radius 3 is 2.47 bits per heavy atom. The maximum Gasteiger partial charge on any atom is 0.0656 e. The van der Waals surface area contributed by atoms with Crippen molar-refractivity contribution in [2.45, 2.75) is 11.8 Å². The van der Waals surface area contributed by atoms with Gasteiger partial charge in [0.25, 0.3) is 0 Å². The molecule has 2 rings (SSSR count). The highest BCUT2D eigenvalue weighted by Crippen LogP contribution is 2.36. The molecule has 17 heavy (non-hydrogen) atoms. The third-order valence-corrected chi connectivity index (χ3v) is 4.80. The second-order valence-electron chi connectivity index (χ2n) is 3.94. The molecule has 1 atom stereocenters. The third kappa shape index (κ3) is 3.21. The predicted molar refractivity (Wildman–Crippen MR) is 83.8 cm³/mol. The Hall–Kier alpha value is -0.120. The molecule has 0 radical (unpaired) electrons. The molecule has 0 spiro atoms. The molecule has 0 aliphatic heterocycles. The first-order chi connectivity index (χ1) is 8.08. The summed E-state index contributed by atoms with van der Waals surface area (Å²) < 4.78 is 2.21. The summed E-state index contributed by atoms with van der Waals surface area (Å²) in [5.74, 6) is 0. The Morgan fingerprint density at radius 2 is 1.76 bits per heavy atom. The normalized spacial score (nSPS) is 12.5. The van der Waals surface area contributed by atoms with E-state index >= 15 is 0 Å². The number of hydrogen-bond donors (Lipinski definition) is 0. The second-order valence-corrected chi connectivity index (χ2v) is 6.63. The Labute approximate surface area is 127 Å². The van der Waals surface area contributed by atoms with E-state index in [1.165, 1.54) is 16.7 Å². The summed E-state index contributed by atoms with van der Waals surface area (Å²) in [6.45, 7) is 2.11. The fourth-order valence-corrected chi connectivity index (χ4v) is 3.54. The minimum atomic E-state index is 0.203. The lowest BCUT2D eigenvalue weighted by molar-refractivity contribution is 1.15. The summed E-state index contributed by atoms with van der Waals surface area (Å²) in [4.78, 5) is 0.203. The maximum atomic E-state index is 3.76. The molecular weight excluding hydrogens is 408 g/mol. The van der Waals surface area contributed by atoms with E-state index in [-0.39, 0.29) is 4.83 Å². The molecule has 3 heteroatoms. The van der Waals surface area contributed by atoms with Crippen LogP contribution in [0.3, 0.4) is 0 Å². The summed E-state index contributed by atoms with van der Waals surface area (Å²) >= 11 is 10.9. The van der Waals surface area contributed by atoms with Crippen LogP contribution in [-0.4, -0.2) is 0 Å². The number of hydrogen-bond acceptors (Lipinski definition) is 0. The fraction of sp³-hybridized carbons (Fsp3) is 0.143. The standard InChI is InChI=1S/C14H11Br3/c1-9-3-2-4-10(7-9)14(17)12-8-11(15)5-6-13(12)16/h2-8,14H,1H3. The van der Waals surface area contributed by atoms with Crippen molar-refractivity contribution in [2.24, 2.45) is 0 Å². The zero-order chi connectivity index (χ0) is 12.4. The number of alkyl halides is 1. The van der Waals surface area contributed by atoms with Crippen LogP contribution in [0.1, 0.15) is 21.5 Å². The highest BCUT2D eigenvalue weighted by Gasteiger charge is 2.13. The Bertz CT molecular complexity index is 535. The van der Waals surface area contributed by atoms with E-state index in [0.717, 1.165) is 8.95 Å². The van der Waals surface area contributed by atoms with Crippen LogP contribution in [0.4, 0.5) is 0 Å². The van der Waals surface area contributed by atoms with Gasteiger partial charge in [-0.05, 0) is 36.2 Å². The smallest absolute Gasteiger partial charge is 0.0656 e. The molecule has 2 aromatic rings. The molecule has 0 fully saturated rings. The molecule has 1 unspecified atom stereocenters. The van der Waals surface area contributed by atoms with Crippen LogP contribution in [0, 0.1) is 6.92 Å². The molecule has 0 heterocycles. The zero-order valence-electron chi connectivity index (χ0n) is 9.25. The first-order valence-electron chi connectivity index (χ1n) is 5.23. The van der Waals surface area contributed by atoms with Gasteiger partial charge in [0.1, 0.15) is 0 Å². The van der Waals surface area contributed by atoms with Crippen LogP contribution in [-0.2, 0) is 0 Å².